The standard InChI is InChI=1S/C8H4ClF3O3/c9-5-2-1-4(3-6(5)10)15-8(11,12)7(13)14/h1-3H,(H,13,14)/p-1. The highest BCUT2D eigenvalue weighted by molar-refractivity contribution is 6.30. The van der Waals surface area contributed by atoms with E-state index in [0.29, 0.717) is 6.07 Å². The van der Waals surface area contributed by atoms with Crippen molar-refractivity contribution in [1.82, 2.24) is 0 Å². The molecular formula is C8H3ClF3O3-. The third-order valence-electron chi connectivity index (χ3n) is 1.37. The molecule has 0 N–H and O–H groups in total. The van der Waals surface area contributed by atoms with Crippen LogP contribution in [0.2, 0.25) is 5.02 Å². The number of halogens is 4. The summed E-state index contributed by atoms with van der Waals surface area (Å²) in [6.45, 7) is 0. The van der Waals surface area contributed by atoms with Crippen molar-refractivity contribution >= 4 is 17.6 Å². The minimum Gasteiger partial charge on any atom is -0.541 e. The van der Waals surface area contributed by atoms with Crippen LogP contribution in [0.1, 0.15) is 0 Å². The number of hydrogen-bond acceptors (Lipinski definition) is 3. The Morgan fingerprint density at radius 1 is 1.47 bits per heavy atom. The van der Waals surface area contributed by atoms with Gasteiger partial charge in [0.1, 0.15) is 11.6 Å². The maximum atomic E-state index is 12.7. The molecule has 0 bridgehead atoms. The van der Waals surface area contributed by atoms with Crippen molar-refractivity contribution in [2.45, 2.75) is 6.11 Å². The third-order valence-corrected chi connectivity index (χ3v) is 1.68. The molecule has 15 heavy (non-hydrogen) atoms. The summed E-state index contributed by atoms with van der Waals surface area (Å²) in [5.41, 5.74) is 0. The zero-order chi connectivity index (χ0) is 11.6. The molecule has 82 valence electrons. The molecule has 0 aliphatic heterocycles. The molecule has 1 rings (SSSR count). The predicted molar refractivity (Wildman–Crippen MR) is 42.0 cm³/mol. The van der Waals surface area contributed by atoms with E-state index in [9.17, 15) is 23.1 Å². The van der Waals surface area contributed by atoms with Gasteiger partial charge in [0, 0.05) is 6.07 Å². The largest absolute Gasteiger partial charge is 0.541 e. The van der Waals surface area contributed by atoms with Crippen LogP contribution in [0.15, 0.2) is 18.2 Å². The number of carboxylic acid groups (broad SMARTS) is 1. The van der Waals surface area contributed by atoms with Gasteiger partial charge in [-0.05, 0) is 12.1 Å². The van der Waals surface area contributed by atoms with E-state index in [0.717, 1.165) is 12.1 Å². The first-order valence-corrected chi connectivity index (χ1v) is 3.94. The average molecular weight is 240 g/mol. The van der Waals surface area contributed by atoms with E-state index in [2.05, 4.69) is 4.74 Å². The van der Waals surface area contributed by atoms with Gasteiger partial charge in [0.15, 0.2) is 5.97 Å². The van der Waals surface area contributed by atoms with E-state index >= 15 is 0 Å². The number of ether oxygens (including phenoxy) is 1. The second-order valence-electron chi connectivity index (χ2n) is 2.48. The molecule has 7 heteroatoms. The first kappa shape index (κ1) is 11.6. The summed E-state index contributed by atoms with van der Waals surface area (Å²) in [4.78, 5) is 9.87. The van der Waals surface area contributed by atoms with Crippen LogP contribution < -0.4 is 9.84 Å². The molecule has 0 saturated carbocycles. The number of hydrogen-bond donors (Lipinski definition) is 0. The first-order valence-electron chi connectivity index (χ1n) is 3.56. The fraction of sp³-hybridized carbons (Fsp3) is 0.125. The van der Waals surface area contributed by atoms with E-state index < -0.39 is 23.6 Å². The lowest BCUT2D eigenvalue weighted by molar-refractivity contribution is -0.350. The van der Waals surface area contributed by atoms with Crippen molar-refractivity contribution in [3.8, 4) is 5.75 Å². The van der Waals surface area contributed by atoms with Crippen molar-refractivity contribution < 1.29 is 27.8 Å². The van der Waals surface area contributed by atoms with E-state index in [1.54, 1.807) is 0 Å². The molecule has 0 spiro atoms. The smallest absolute Gasteiger partial charge is 0.441 e. The quantitative estimate of drug-likeness (QED) is 0.796. The Labute approximate surface area is 87.0 Å². The van der Waals surface area contributed by atoms with Gasteiger partial charge in [0.2, 0.25) is 0 Å². The third kappa shape index (κ3) is 2.76. The molecule has 0 radical (unpaired) electrons. The number of carbonyl (C=O) groups excluding carboxylic acids is 1. The lowest BCUT2D eigenvalue weighted by Crippen LogP contribution is -2.45. The maximum absolute atomic E-state index is 12.7. The number of benzene rings is 1. The SMILES string of the molecule is O=C([O-])C(F)(F)Oc1ccc(Cl)c(F)c1. The minimum atomic E-state index is -4.51. The fourth-order valence-electron chi connectivity index (χ4n) is 0.730. The zero-order valence-electron chi connectivity index (χ0n) is 6.97. The van der Waals surface area contributed by atoms with Gasteiger partial charge in [0.25, 0.3) is 0 Å². The monoisotopic (exact) mass is 239 g/mol. The average Bonchev–Trinajstić information content (AvgIpc) is 2.10. The van der Waals surface area contributed by atoms with Crippen LogP contribution in [0.25, 0.3) is 0 Å². The number of carboxylic acids is 1. The molecule has 0 aliphatic rings. The van der Waals surface area contributed by atoms with Crippen LogP contribution in [0.3, 0.4) is 0 Å². The van der Waals surface area contributed by atoms with Gasteiger partial charge in [-0.3, -0.25) is 0 Å². The van der Waals surface area contributed by atoms with Crippen LogP contribution in [0, 0.1) is 5.82 Å². The highest BCUT2D eigenvalue weighted by Crippen LogP contribution is 2.25. The van der Waals surface area contributed by atoms with Gasteiger partial charge >= 0.3 is 6.11 Å². The fourth-order valence-corrected chi connectivity index (χ4v) is 0.848. The summed E-state index contributed by atoms with van der Waals surface area (Å²) >= 11 is 5.27. The molecule has 0 aliphatic carbocycles. The van der Waals surface area contributed by atoms with E-state index in [-0.39, 0.29) is 5.02 Å². The van der Waals surface area contributed by atoms with E-state index in [4.69, 9.17) is 11.6 Å². The van der Waals surface area contributed by atoms with Crippen LogP contribution >= 0.6 is 11.6 Å². The van der Waals surface area contributed by atoms with Crippen molar-refractivity contribution in [3.63, 3.8) is 0 Å². The first-order chi connectivity index (χ1) is 6.83. The van der Waals surface area contributed by atoms with E-state index in [1.165, 1.54) is 0 Å². The van der Waals surface area contributed by atoms with Crippen LogP contribution in [0.4, 0.5) is 13.2 Å². The topological polar surface area (TPSA) is 49.4 Å². The molecule has 0 heterocycles. The van der Waals surface area contributed by atoms with Gasteiger partial charge in [-0.2, -0.15) is 8.78 Å². The Morgan fingerprint density at radius 3 is 2.53 bits per heavy atom. The van der Waals surface area contributed by atoms with Gasteiger partial charge < -0.3 is 14.6 Å². The molecule has 0 saturated heterocycles. The summed E-state index contributed by atoms with van der Waals surface area (Å²) in [6, 6.07) is 2.40. The van der Waals surface area contributed by atoms with Gasteiger partial charge in [-0.15, -0.1) is 0 Å². The second-order valence-corrected chi connectivity index (χ2v) is 2.89. The Morgan fingerprint density at radius 2 is 2.07 bits per heavy atom. The lowest BCUT2D eigenvalue weighted by Gasteiger charge is -2.18. The molecule has 0 aromatic heterocycles. The predicted octanol–water partition coefficient (Wildman–Crippen LogP) is 1.20. The molecule has 1 aromatic rings. The molecule has 0 amide bonds. The number of aliphatic carboxylic acids is 1. The van der Waals surface area contributed by atoms with Crippen LogP contribution in [-0.2, 0) is 4.79 Å². The maximum Gasteiger partial charge on any atom is 0.441 e. The molecule has 3 nitrogen and oxygen atoms in total. The molecule has 0 unspecified atom stereocenters. The Bertz CT molecular complexity index is 395. The Hall–Kier alpha value is -1.43. The van der Waals surface area contributed by atoms with Crippen molar-refractivity contribution in [2.24, 2.45) is 0 Å². The highest BCUT2D eigenvalue weighted by Gasteiger charge is 2.34. The zero-order valence-corrected chi connectivity index (χ0v) is 7.72. The molecule has 0 atom stereocenters. The van der Waals surface area contributed by atoms with E-state index in [1.807, 2.05) is 0 Å². The van der Waals surface area contributed by atoms with Gasteiger partial charge in [-0.1, -0.05) is 11.6 Å². The summed E-state index contributed by atoms with van der Waals surface area (Å²) in [7, 11) is 0. The molecular weight excluding hydrogens is 237 g/mol. The van der Waals surface area contributed by atoms with Crippen molar-refractivity contribution in [3.05, 3.63) is 29.0 Å². The molecule has 0 fully saturated rings. The number of rotatable bonds is 3. The summed E-state index contributed by atoms with van der Waals surface area (Å²) < 4.78 is 41.3. The highest BCUT2D eigenvalue weighted by atomic mass is 35.5. The lowest BCUT2D eigenvalue weighted by atomic mass is 10.3. The van der Waals surface area contributed by atoms with Crippen molar-refractivity contribution in [2.75, 3.05) is 0 Å². The van der Waals surface area contributed by atoms with Gasteiger partial charge in [0.05, 0.1) is 5.02 Å². The van der Waals surface area contributed by atoms with Gasteiger partial charge in [-0.25, -0.2) is 4.39 Å². The Balaban J connectivity index is 2.91. The number of carbonyl (C=O) groups is 1. The summed E-state index contributed by atoms with van der Waals surface area (Å²) in [6.07, 6.45) is -4.51. The molecule has 1 aromatic carbocycles. The second kappa shape index (κ2) is 3.98. The van der Waals surface area contributed by atoms with Crippen LogP contribution in [-0.4, -0.2) is 12.1 Å². The summed E-state index contributed by atoms with van der Waals surface area (Å²) in [5.74, 6) is -4.37. The summed E-state index contributed by atoms with van der Waals surface area (Å²) in [5, 5.41) is 9.58. The normalized spacial score (nSPS) is 11.2. The minimum absolute atomic E-state index is 0.292. The number of alkyl halides is 2. The van der Waals surface area contributed by atoms with Crippen molar-refractivity contribution in [1.29, 1.82) is 0 Å². The Kier molecular flexibility index (Phi) is 3.09. The van der Waals surface area contributed by atoms with Crippen LogP contribution in [0.5, 0.6) is 5.75 Å².